The van der Waals surface area contributed by atoms with E-state index in [0.29, 0.717) is 11.1 Å². The first-order valence-electron chi connectivity index (χ1n) is 7.87. The topological polar surface area (TPSA) is 15.3 Å². The molecule has 0 aliphatic carbocycles. The van der Waals surface area contributed by atoms with E-state index in [9.17, 15) is 4.39 Å². The molecule has 118 valence electrons. The van der Waals surface area contributed by atoms with Crippen molar-refractivity contribution in [1.29, 1.82) is 0 Å². The van der Waals surface area contributed by atoms with E-state index >= 15 is 0 Å². The fourth-order valence-electron chi connectivity index (χ4n) is 3.46. The zero-order valence-electron chi connectivity index (χ0n) is 13.3. The second-order valence-electron chi connectivity index (χ2n) is 6.19. The number of benzene rings is 1. The molecule has 0 amide bonds. The molecule has 1 N–H and O–H groups in total. The Morgan fingerprint density at radius 2 is 2.05 bits per heavy atom. The lowest BCUT2D eigenvalue weighted by atomic mass is 9.83. The van der Waals surface area contributed by atoms with Crippen molar-refractivity contribution in [3.63, 3.8) is 0 Å². The van der Waals surface area contributed by atoms with Gasteiger partial charge in [-0.15, -0.1) is 0 Å². The maximum Gasteiger partial charge on any atom is 0.124 e. The Hall–Kier alpha value is -0.640. The normalized spacial score (nSPS) is 20.4. The molecule has 0 aromatic heterocycles. The molecule has 1 aliphatic heterocycles. The van der Waals surface area contributed by atoms with Gasteiger partial charge in [0.15, 0.2) is 0 Å². The van der Waals surface area contributed by atoms with Crippen LogP contribution < -0.4 is 5.32 Å². The fourth-order valence-corrected chi connectivity index (χ4v) is 3.70. The molecule has 2 rings (SSSR count). The molecule has 1 aromatic carbocycles. The number of halogens is 2. The quantitative estimate of drug-likeness (QED) is 0.857. The molecular weight excluding hydrogens is 287 g/mol. The number of hydrogen-bond acceptors (Lipinski definition) is 2. The first kappa shape index (κ1) is 16.7. The van der Waals surface area contributed by atoms with Crippen molar-refractivity contribution in [3.05, 3.63) is 34.6 Å². The van der Waals surface area contributed by atoms with Gasteiger partial charge in [0.25, 0.3) is 0 Å². The van der Waals surface area contributed by atoms with Gasteiger partial charge in [0, 0.05) is 16.6 Å². The molecule has 1 aliphatic rings. The van der Waals surface area contributed by atoms with Gasteiger partial charge in [0.05, 0.1) is 0 Å². The smallest absolute Gasteiger partial charge is 0.124 e. The van der Waals surface area contributed by atoms with Gasteiger partial charge in [-0.3, -0.25) is 4.90 Å². The Kier molecular flexibility index (Phi) is 5.64. The molecule has 1 aromatic rings. The van der Waals surface area contributed by atoms with Crippen LogP contribution in [0.4, 0.5) is 4.39 Å². The first-order chi connectivity index (χ1) is 10.0. The van der Waals surface area contributed by atoms with Crippen molar-refractivity contribution in [2.24, 2.45) is 0 Å². The summed E-state index contributed by atoms with van der Waals surface area (Å²) in [5.74, 6) is -0.275. The van der Waals surface area contributed by atoms with Crippen molar-refractivity contribution in [3.8, 4) is 0 Å². The lowest BCUT2D eigenvalue weighted by Crippen LogP contribution is -2.58. The molecule has 0 saturated carbocycles. The Morgan fingerprint density at radius 1 is 1.38 bits per heavy atom. The molecule has 2 nitrogen and oxygen atoms in total. The molecular formula is C17H26ClFN2. The predicted octanol–water partition coefficient (Wildman–Crippen LogP) is 3.87. The maximum absolute atomic E-state index is 13.2. The minimum absolute atomic E-state index is 0.100. The summed E-state index contributed by atoms with van der Waals surface area (Å²) in [7, 11) is 2.01. The Bertz CT molecular complexity index is 474. The van der Waals surface area contributed by atoms with Crippen LogP contribution >= 0.6 is 11.6 Å². The van der Waals surface area contributed by atoms with Crippen molar-refractivity contribution >= 4 is 11.6 Å². The highest BCUT2D eigenvalue weighted by atomic mass is 35.5. The predicted molar refractivity (Wildman–Crippen MR) is 87.5 cm³/mol. The second-order valence-corrected chi connectivity index (χ2v) is 6.59. The Balaban J connectivity index is 2.20. The third-order valence-electron chi connectivity index (χ3n) is 5.08. The van der Waals surface area contributed by atoms with Gasteiger partial charge in [0.1, 0.15) is 5.82 Å². The first-order valence-corrected chi connectivity index (χ1v) is 8.25. The van der Waals surface area contributed by atoms with E-state index in [-0.39, 0.29) is 11.4 Å². The fraction of sp³-hybridized carbons (Fsp3) is 0.647. The monoisotopic (exact) mass is 312 g/mol. The van der Waals surface area contributed by atoms with Crippen molar-refractivity contribution < 1.29 is 4.39 Å². The highest BCUT2D eigenvalue weighted by Crippen LogP contribution is 2.31. The zero-order valence-corrected chi connectivity index (χ0v) is 14.0. The molecule has 2 atom stereocenters. The lowest BCUT2D eigenvalue weighted by molar-refractivity contribution is 0.0873. The van der Waals surface area contributed by atoms with E-state index in [1.165, 1.54) is 38.1 Å². The molecule has 0 radical (unpaired) electrons. The summed E-state index contributed by atoms with van der Waals surface area (Å²) in [5.41, 5.74) is 1.11. The summed E-state index contributed by atoms with van der Waals surface area (Å²) in [6.07, 6.45) is 4.46. The minimum Gasteiger partial charge on any atom is -0.315 e. The maximum atomic E-state index is 13.2. The average molecular weight is 313 g/mol. The molecule has 1 heterocycles. The number of likely N-dealkylation sites (tertiary alicyclic amines) is 1. The molecule has 2 unspecified atom stereocenters. The summed E-state index contributed by atoms with van der Waals surface area (Å²) in [4.78, 5) is 2.59. The van der Waals surface area contributed by atoms with Gasteiger partial charge >= 0.3 is 0 Å². The highest BCUT2D eigenvalue weighted by Gasteiger charge is 2.38. The molecule has 0 bridgehead atoms. The van der Waals surface area contributed by atoms with Crippen LogP contribution in [0, 0.1) is 5.82 Å². The summed E-state index contributed by atoms with van der Waals surface area (Å²) in [6, 6.07) is 5.00. The SMILES string of the molecule is CCC(C)(C(Cc1ccc(F)cc1Cl)NC)N1CCCC1. The largest absolute Gasteiger partial charge is 0.315 e. The summed E-state index contributed by atoms with van der Waals surface area (Å²) >= 11 is 6.20. The Morgan fingerprint density at radius 3 is 2.57 bits per heavy atom. The molecule has 1 saturated heterocycles. The van der Waals surface area contributed by atoms with Crippen molar-refractivity contribution in [2.45, 2.75) is 51.1 Å². The van der Waals surface area contributed by atoms with Crippen LogP contribution in [0.1, 0.15) is 38.7 Å². The molecule has 1 fully saturated rings. The van der Waals surface area contributed by atoms with E-state index in [1.807, 2.05) is 13.1 Å². The third-order valence-corrected chi connectivity index (χ3v) is 5.43. The van der Waals surface area contributed by atoms with E-state index in [2.05, 4.69) is 24.1 Å². The summed E-state index contributed by atoms with van der Waals surface area (Å²) in [5, 5.41) is 3.99. The number of hydrogen-bond donors (Lipinski definition) is 1. The number of likely N-dealkylation sites (N-methyl/N-ethyl adjacent to an activating group) is 1. The van der Waals surface area contributed by atoms with E-state index in [1.54, 1.807) is 0 Å². The lowest BCUT2D eigenvalue weighted by Gasteiger charge is -2.44. The van der Waals surface area contributed by atoms with Crippen LogP contribution in [0.25, 0.3) is 0 Å². The molecule has 0 spiro atoms. The standard InChI is InChI=1S/C17H26ClFN2/c1-4-17(2,21-9-5-6-10-21)16(20-3)11-13-7-8-14(19)12-15(13)18/h7-8,12,16,20H,4-6,9-11H2,1-3H3. The van der Waals surface area contributed by atoms with Crippen LogP contribution in [0.2, 0.25) is 5.02 Å². The van der Waals surface area contributed by atoms with Gasteiger partial charge in [-0.05, 0) is 70.4 Å². The number of nitrogens with zero attached hydrogens (tertiary/aromatic N) is 1. The molecule has 4 heteroatoms. The highest BCUT2D eigenvalue weighted by molar-refractivity contribution is 6.31. The number of nitrogens with one attached hydrogen (secondary N) is 1. The Labute approximate surface area is 132 Å². The van der Waals surface area contributed by atoms with E-state index in [0.717, 1.165) is 18.4 Å². The second kappa shape index (κ2) is 7.08. The summed E-state index contributed by atoms with van der Waals surface area (Å²) in [6.45, 7) is 6.91. The third kappa shape index (κ3) is 3.58. The van der Waals surface area contributed by atoms with Crippen molar-refractivity contribution in [2.75, 3.05) is 20.1 Å². The van der Waals surface area contributed by atoms with Crippen molar-refractivity contribution in [1.82, 2.24) is 10.2 Å². The van der Waals surface area contributed by atoms with E-state index in [4.69, 9.17) is 11.6 Å². The van der Waals surface area contributed by atoms with Gasteiger partial charge in [-0.2, -0.15) is 0 Å². The summed E-state index contributed by atoms with van der Waals surface area (Å²) < 4.78 is 13.2. The van der Waals surface area contributed by atoms with Gasteiger partial charge < -0.3 is 5.32 Å². The van der Waals surface area contributed by atoms with Gasteiger partial charge in [0.2, 0.25) is 0 Å². The van der Waals surface area contributed by atoms with Crippen LogP contribution in [0.5, 0.6) is 0 Å². The van der Waals surface area contributed by atoms with Gasteiger partial charge in [-0.25, -0.2) is 4.39 Å². The van der Waals surface area contributed by atoms with Crippen LogP contribution in [-0.4, -0.2) is 36.6 Å². The average Bonchev–Trinajstić information content (AvgIpc) is 3.00. The van der Waals surface area contributed by atoms with Crippen LogP contribution in [0.3, 0.4) is 0 Å². The minimum atomic E-state index is -0.275. The van der Waals surface area contributed by atoms with Gasteiger partial charge in [-0.1, -0.05) is 24.6 Å². The van der Waals surface area contributed by atoms with Crippen LogP contribution in [-0.2, 0) is 6.42 Å². The number of rotatable bonds is 6. The van der Waals surface area contributed by atoms with Crippen LogP contribution in [0.15, 0.2) is 18.2 Å². The zero-order chi connectivity index (χ0) is 15.5. The molecule has 21 heavy (non-hydrogen) atoms. The van der Waals surface area contributed by atoms with E-state index < -0.39 is 0 Å².